The molecular weight excluding hydrogens is 759 g/mol. The Bertz CT molecular complexity index is 3100. The van der Waals surface area contributed by atoms with Crippen LogP contribution in [0.4, 0.5) is 25.8 Å². The van der Waals surface area contributed by atoms with E-state index in [1.165, 1.54) is 36.0 Å². The first-order valence-corrected chi connectivity index (χ1v) is 19.6. The van der Waals surface area contributed by atoms with Crippen LogP contribution in [0.25, 0.3) is 71.9 Å². The number of fused-ring (bicyclic) bond motifs is 4. The smallest absolute Gasteiger partial charge is 0.150 e. The lowest BCUT2D eigenvalue weighted by Crippen LogP contribution is -2.10. The lowest BCUT2D eigenvalue weighted by molar-refractivity contribution is 0.112. The second-order valence-electron chi connectivity index (χ2n) is 14.2. The van der Waals surface area contributed by atoms with Crippen LogP contribution in [0.5, 0.6) is 5.75 Å². The van der Waals surface area contributed by atoms with Crippen molar-refractivity contribution in [2.45, 2.75) is 0 Å². The summed E-state index contributed by atoms with van der Waals surface area (Å²) in [5.74, 6) is 0.0616. The van der Waals surface area contributed by atoms with Gasteiger partial charge in [-0.05, 0) is 125 Å². The number of hydrogen-bond acceptors (Lipinski definition) is 6. The van der Waals surface area contributed by atoms with Gasteiger partial charge in [-0.3, -0.25) is 4.79 Å². The van der Waals surface area contributed by atoms with Crippen LogP contribution in [0.15, 0.2) is 170 Å². The highest BCUT2D eigenvalue weighted by Gasteiger charge is 2.21. The number of hydrogen-bond donors (Lipinski definition) is 0. The van der Waals surface area contributed by atoms with Gasteiger partial charge in [-0.25, -0.2) is 8.78 Å². The summed E-state index contributed by atoms with van der Waals surface area (Å²) in [5.41, 5.74) is 13.4. The molecule has 0 amide bonds. The molecule has 0 spiro atoms. The fourth-order valence-corrected chi connectivity index (χ4v) is 8.44. The molecular formula is C50H32F2N4O2S. The number of halogens is 2. The zero-order valence-corrected chi connectivity index (χ0v) is 32.3. The number of carbonyl (C=O) groups excluding carboxylic acids is 1. The summed E-state index contributed by atoms with van der Waals surface area (Å²) in [7, 11) is 1.66. The molecule has 0 N–H and O–H groups in total. The molecule has 0 aliphatic rings. The SMILES string of the molecule is COc1ccc(-c2ccc(N(c3ccc(-c4ccc(C=O)cc4)cc3)c3ccc(-c4ccc(-n5c6ccc(F)cc6c6cc(F)ccc65)cc4)c4nsnc34)cc2)cc1. The predicted octanol–water partition coefficient (Wildman–Crippen LogP) is 13.4. The van der Waals surface area contributed by atoms with Crippen LogP contribution >= 0.6 is 11.7 Å². The molecule has 0 bridgehead atoms. The summed E-state index contributed by atoms with van der Waals surface area (Å²) < 4.78 is 45.8. The highest BCUT2D eigenvalue weighted by molar-refractivity contribution is 7.00. The summed E-state index contributed by atoms with van der Waals surface area (Å²) in [5, 5.41) is 1.30. The van der Waals surface area contributed by atoms with Crippen molar-refractivity contribution in [3.05, 3.63) is 187 Å². The first-order valence-electron chi connectivity index (χ1n) is 18.9. The minimum Gasteiger partial charge on any atom is -0.497 e. The molecule has 0 radical (unpaired) electrons. The van der Waals surface area contributed by atoms with Gasteiger partial charge in [0, 0.05) is 39.0 Å². The van der Waals surface area contributed by atoms with Crippen LogP contribution in [0.1, 0.15) is 10.4 Å². The number of benzene rings is 8. The molecule has 0 unspecified atom stereocenters. The van der Waals surface area contributed by atoms with Crippen LogP contribution in [-0.4, -0.2) is 26.7 Å². The fourth-order valence-electron chi connectivity index (χ4n) is 7.87. The van der Waals surface area contributed by atoms with E-state index in [0.717, 1.165) is 90.2 Å². The van der Waals surface area contributed by atoms with E-state index >= 15 is 0 Å². The summed E-state index contributed by atoms with van der Waals surface area (Å²) in [6.07, 6.45) is 0.848. The summed E-state index contributed by atoms with van der Waals surface area (Å²) in [6.45, 7) is 0. The van der Waals surface area contributed by atoms with Crippen molar-refractivity contribution in [3.8, 4) is 44.8 Å². The Morgan fingerprint density at radius 3 is 1.58 bits per heavy atom. The van der Waals surface area contributed by atoms with E-state index in [1.54, 1.807) is 19.2 Å². The third-order valence-corrected chi connectivity index (χ3v) is 11.3. The number of aromatic nitrogens is 3. The van der Waals surface area contributed by atoms with Crippen LogP contribution in [-0.2, 0) is 0 Å². The molecule has 0 fully saturated rings. The zero-order chi connectivity index (χ0) is 40.0. The molecule has 0 aliphatic heterocycles. The Morgan fingerprint density at radius 1 is 0.559 bits per heavy atom. The Labute approximate surface area is 342 Å². The van der Waals surface area contributed by atoms with Gasteiger partial charge in [0.25, 0.3) is 0 Å². The van der Waals surface area contributed by atoms with Crippen molar-refractivity contribution in [2.24, 2.45) is 0 Å². The normalized spacial score (nSPS) is 11.4. The van der Waals surface area contributed by atoms with E-state index in [2.05, 4.69) is 65.6 Å². The molecule has 59 heavy (non-hydrogen) atoms. The highest BCUT2D eigenvalue weighted by atomic mass is 32.1. The number of carbonyl (C=O) groups is 1. The monoisotopic (exact) mass is 790 g/mol. The average Bonchev–Trinajstić information content (AvgIpc) is 3.91. The lowest BCUT2D eigenvalue weighted by Gasteiger charge is -2.26. The summed E-state index contributed by atoms with van der Waals surface area (Å²) >= 11 is 1.17. The molecule has 2 aromatic heterocycles. The molecule has 0 saturated heterocycles. The van der Waals surface area contributed by atoms with Crippen molar-refractivity contribution in [3.63, 3.8) is 0 Å². The summed E-state index contributed by atoms with van der Waals surface area (Å²) in [6, 6.07) is 53.9. The topological polar surface area (TPSA) is 60.2 Å². The molecule has 6 nitrogen and oxygen atoms in total. The lowest BCUT2D eigenvalue weighted by atomic mass is 10.0. The molecule has 0 aliphatic carbocycles. The quantitative estimate of drug-likeness (QED) is 0.136. The Hall–Kier alpha value is -7.49. The maximum absolute atomic E-state index is 14.4. The van der Waals surface area contributed by atoms with Gasteiger partial charge in [-0.1, -0.05) is 72.8 Å². The van der Waals surface area contributed by atoms with Crippen LogP contribution < -0.4 is 9.64 Å². The summed E-state index contributed by atoms with van der Waals surface area (Å²) in [4.78, 5) is 13.5. The van der Waals surface area contributed by atoms with Crippen LogP contribution in [0.3, 0.4) is 0 Å². The number of anilines is 3. The van der Waals surface area contributed by atoms with E-state index in [4.69, 9.17) is 13.5 Å². The second-order valence-corrected chi connectivity index (χ2v) is 14.7. The molecule has 2 heterocycles. The van der Waals surface area contributed by atoms with Gasteiger partial charge in [-0.2, -0.15) is 8.75 Å². The maximum Gasteiger partial charge on any atom is 0.150 e. The number of methoxy groups -OCH3 is 1. The molecule has 8 aromatic carbocycles. The second kappa shape index (κ2) is 14.8. The van der Waals surface area contributed by atoms with Gasteiger partial charge in [-0.15, -0.1) is 0 Å². The van der Waals surface area contributed by atoms with E-state index < -0.39 is 0 Å². The highest BCUT2D eigenvalue weighted by Crippen LogP contribution is 2.43. The predicted molar refractivity (Wildman–Crippen MR) is 235 cm³/mol. The maximum atomic E-state index is 14.4. The van der Waals surface area contributed by atoms with Crippen LogP contribution in [0, 0.1) is 11.6 Å². The Kier molecular flexibility index (Phi) is 8.99. The van der Waals surface area contributed by atoms with E-state index in [-0.39, 0.29) is 11.6 Å². The first kappa shape index (κ1) is 35.9. The first-order chi connectivity index (χ1) is 28.9. The molecule has 0 atom stereocenters. The van der Waals surface area contributed by atoms with Gasteiger partial charge < -0.3 is 14.2 Å². The Balaban J connectivity index is 1.05. The minimum atomic E-state index is -0.371. The largest absolute Gasteiger partial charge is 0.497 e. The van der Waals surface area contributed by atoms with E-state index in [9.17, 15) is 13.6 Å². The molecule has 9 heteroatoms. The van der Waals surface area contributed by atoms with E-state index in [1.807, 2.05) is 77.4 Å². The third-order valence-electron chi connectivity index (χ3n) is 10.8. The molecule has 10 rings (SSSR count). The fraction of sp³-hybridized carbons (Fsp3) is 0.0200. The van der Waals surface area contributed by atoms with Gasteiger partial charge in [0.2, 0.25) is 0 Å². The van der Waals surface area contributed by atoms with Gasteiger partial charge >= 0.3 is 0 Å². The van der Waals surface area contributed by atoms with Crippen molar-refractivity contribution < 1.29 is 18.3 Å². The van der Waals surface area contributed by atoms with Gasteiger partial charge in [0.1, 0.15) is 34.7 Å². The van der Waals surface area contributed by atoms with Gasteiger partial charge in [0.05, 0.1) is 35.6 Å². The number of nitrogens with zero attached hydrogens (tertiary/aromatic N) is 4. The van der Waals surface area contributed by atoms with E-state index in [0.29, 0.717) is 16.3 Å². The molecule has 10 aromatic rings. The zero-order valence-electron chi connectivity index (χ0n) is 31.5. The molecule has 0 saturated carbocycles. The Morgan fingerprint density at radius 2 is 1.05 bits per heavy atom. The van der Waals surface area contributed by atoms with Crippen molar-refractivity contribution in [1.82, 2.24) is 13.3 Å². The van der Waals surface area contributed by atoms with Crippen molar-refractivity contribution in [2.75, 3.05) is 12.0 Å². The van der Waals surface area contributed by atoms with Crippen LogP contribution in [0.2, 0.25) is 0 Å². The minimum absolute atomic E-state index is 0.371. The third kappa shape index (κ3) is 6.47. The number of aldehydes is 1. The average molecular weight is 791 g/mol. The van der Waals surface area contributed by atoms with Crippen molar-refractivity contribution in [1.29, 1.82) is 0 Å². The number of rotatable bonds is 9. The standard InChI is InChI=1S/C50H32F2N4O2S/c1-58-42-22-12-35(13-23-42)34-8-18-40(19-9-34)55(39-16-6-33(7-17-39)32-4-2-31(30-57)3-5-32)48-27-24-43(49-50(48)54-59-53-49)36-10-20-41(21-11-36)56-46-25-14-37(51)28-44(46)45-29-38(52)15-26-47(45)56/h2-30H,1H3. The molecule has 284 valence electrons. The van der Waals surface area contributed by atoms with Crippen molar-refractivity contribution >= 4 is 67.9 Å². The van der Waals surface area contributed by atoms with Gasteiger partial charge in [0.15, 0.2) is 0 Å². The number of ether oxygens (including phenoxy) is 1.